The van der Waals surface area contributed by atoms with Gasteiger partial charge in [-0.1, -0.05) is 0 Å². The van der Waals surface area contributed by atoms with Gasteiger partial charge in [-0.2, -0.15) is 12.6 Å². The highest BCUT2D eigenvalue weighted by atomic mass is 32.1. The summed E-state index contributed by atoms with van der Waals surface area (Å²) in [4.78, 5) is 0. The van der Waals surface area contributed by atoms with Crippen molar-refractivity contribution in [1.82, 2.24) is 0 Å². The van der Waals surface area contributed by atoms with Crippen LogP contribution >= 0.6 is 12.6 Å². The van der Waals surface area contributed by atoms with E-state index in [1.807, 2.05) is 0 Å². The molecule has 8 atom stereocenters. The fraction of sp³-hybridized carbons (Fsp3) is 1.00. The van der Waals surface area contributed by atoms with Crippen LogP contribution in [-0.2, 0) is 0 Å². The van der Waals surface area contributed by atoms with E-state index in [0.717, 1.165) is 41.4 Å². The van der Waals surface area contributed by atoms with E-state index in [-0.39, 0.29) is 0 Å². The van der Waals surface area contributed by atoms with Crippen LogP contribution in [0.4, 0.5) is 0 Å². The zero-order valence-corrected chi connectivity index (χ0v) is 10.1. The van der Waals surface area contributed by atoms with E-state index >= 15 is 0 Å². The van der Waals surface area contributed by atoms with Crippen LogP contribution in [0.15, 0.2) is 0 Å². The maximum atomic E-state index is 5.16. The van der Waals surface area contributed by atoms with Crippen LogP contribution < -0.4 is 0 Å². The third-order valence-electron chi connectivity index (χ3n) is 6.99. The Morgan fingerprint density at radius 2 is 1.53 bits per heavy atom. The molecule has 7 saturated carbocycles. The number of rotatable bonds is 0. The van der Waals surface area contributed by atoms with E-state index < -0.39 is 0 Å². The molecular weight excluding hydrogens is 200 g/mol. The summed E-state index contributed by atoms with van der Waals surface area (Å²) in [7, 11) is 0. The summed E-state index contributed by atoms with van der Waals surface area (Å²) < 4.78 is 0.504. The molecule has 0 aromatic rings. The summed E-state index contributed by atoms with van der Waals surface area (Å²) in [6.45, 7) is 0. The summed E-state index contributed by atoms with van der Waals surface area (Å²) in [6.07, 6.45) is 9.34. The van der Waals surface area contributed by atoms with Crippen LogP contribution in [0.3, 0.4) is 0 Å². The molecule has 0 amide bonds. The fourth-order valence-electron chi connectivity index (χ4n) is 6.90. The van der Waals surface area contributed by atoms with Crippen molar-refractivity contribution in [3.63, 3.8) is 0 Å². The lowest BCUT2D eigenvalue weighted by molar-refractivity contribution is -0.190. The molecule has 7 aliphatic rings. The van der Waals surface area contributed by atoms with Gasteiger partial charge in [0, 0.05) is 4.75 Å². The van der Waals surface area contributed by atoms with Gasteiger partial charge in [-0.3, -0.25) is 0 Å². The Morgan fingerprint density at radius 3 is 2.20 bits per heavy atom. The third-order valence-corrected chi connectivity index (χ3v) is 7.69. The highest BCUT2D eigenvalue weighted by Crippen LogP contribution is 2.73. The molecule has 0 N–H and O–H groups in total. The molecule has 15 heavy (non-hydrogen) atoms. The molecule has 0 spiro atoms. The second kappa shape index (κ2) is 2.30. The zero-order chi connectivity index (χ0) is 9.78. The Hall–Kier alpha value is 0.350. The number of hydrogen-bond donors (Lipinski definition) is 1. The minimum atomic E-state index is 0.504. The van der Waals surface area contributed by atoms with Crippen molar-refractivity contribution in [3.05, 3.63) is 0 Å². The molecule has 0 nitrogen and oxygen atoms in total. The van der Waals surface area contributed by atoms with E-state index in [4.69, 9.17) is 12.6 Å². The van der Waals surface area contributed by atoms with Crippen molar-refractivity contribution in [1.29, 1.82) is 0 Å². The Balaban J connectivity index is 1.73. The van der Waals surface area contributed by atoms with Crippen LogP contribution in [0.1, 0.15) is 38.5 Å². The molecule has 0 saturated heterocycles. The summed E-state index contributed by atoms with van der Waals surface area (Å²) in [5, 5.41) is 0. The maximum absolute atomic E-state index is 5.16. The molecule has 0 heterocycles. The molecule has 0 radical (unpaired) electrons. The Morgan fingerprint density at radius 1 is 0.867 bits per heavy atom. The molecule has 8 bridgehead atoms. The highest BCUT2D eigenvalue weighted by Gasteiger charge is 2.67. The topological polar surface area (TPSA) is 0 Å². The van der Waals surface area contributed by atoms with Gasteiger partial charge >= 0.3 is 0 Å². The van der Waals surface area contributed by atoms with Crippen molar-refractivity contribution in [2.45, 2.75) is 43.3 Å². The first-order valence-electron chi connectivity index (χ1n) is 6.97. The van der Waals surface area contributed by atoms with Gasteiger partial charge in [0.15, 0.2) is 0 Å². The molecule has 0 aromatic heterocycles. The van der Waals surface area contributed by atoms with Crippen LogP contribution in [-0.4, -0.2) is 4.75 Å². The average Bonchev–Trinajstić information content (AvgIpc) is 2.24. The van der Waals surface area contributed by atoms with Crippen molar-refractivity contribution < 1.29 is 0 Å². The molecule has 7 rings (SSSR count). The van der Waals surface area contributed by atoms with Crippen LogP contribution in [0.25, 0.3) is 0 Å². The SMILES string of the molecule is SC12C[C@H]3C[C@@H](C1)C1CC4CC3C1C2C4. The molecule has 1 heteroatoms. The van der Waals surface area contributed by atoms with E-state index in [9.17, 15) is 0 Å². The van der Waals surface area contributed by atoms with Crippen molar-refractivity contribution in [3.8, 4) is 0 Å². The fourth-order valence-corrected chi connectivity index (χ4v) is 7.64. The summed E-state index contributed by atoms with van der Waals surface area (Å²) in [6, 6.07) is 0. The van der Waals surface area contributed by atoms with Gasteiger partial charge in [0.05, 0.1) is 0 Å². The largest absolute Gasteiger partial charge is 0.172 e. The second-order valence-corrected chi connectivity index (χ2v) is 8.24. The van der Waals surface area contributed by atoms with Gasteiger partial charge in [0.2, 0.25) is 0 Å². The summed E-state index contributed by atoms with van der Waals surface area (Å²) in [5.41, 5.74) is 0. The minimum Gasteiger partial charge on any atom is -0.172 e. The lowest BCUT2D eigenvalue weighted by Crippen LogP contribution is -2.67. The summed E-state index contributed by atoms with van der Waals surface area (Å²) >= 11 is 5.16. The van der Waals surface area contributed by atoms with Crippen LogP contribution in [0.5, 0.6) is 0 Å². The monoisotopic (exact) mass is 220 g/mol. The lowest BCUT2D eigenvalue weighted by atomic mass is 9.35. The van der Waals surface area contributed by atoms with Crippen LogP contribution in [0, 0.1) is 41.4 Å². The zero-order valence-electron chi connectivity index (χ0n) is 9.23. The first-order chi connectivity index (χ1) is 7.24. The molecule has 82 valence electrons. The van der Waals surface area contributed by atoms with Gasteiger partial charge in [0.25, 0.3) is 0 Å². The Bertz CT molecular complexity index is 314. The quantitative estimate of drug-likeness (QED) is 0.595. The van der Waals surface area contributed by atoms with Gasteiger partial charge in [-0.25, -0.2) is 0 Å². The first kappa shape index (κ1) is 8.44. The molecule has 0 aromatic carbocycles. The van der Waals surface area contributed by atoms with Gasteiger partial charge < -0.3 is 0 Å². The second-order valence-electron chi connectivity index (χ2n) is 7.35. The van der Waals surface area contributed by atoms with Crippen molar-refractivity contribution in [2.24, 2.45) is 41.4 Å². The number of thiol groups is 1. The maximum Gasteiger partial charge on any atom is 0.0166 e. The van der Waals surface area contributed by atoms with E-state index in [2.05, 4.69) is 0 Å². The molecule has 0 aliphatic heterocycles. The molecule has 6 unspecified atom stereocenters. The lowest BCUT2D eigenvalue weighted by Gasteiger charge is -2.72. The standard InChI is InChI=1S/C14H20S/c15-14-5-8-4-9(6-14)11-2-7-1-10(8)13(11)12(14)3-7/h7-13,15H,1-6H2/t7?,8-,9+,10?,11?,12?,13?,14?. The predicted molar refractivity (Wildman–Crippen MR) is 63.8 cm³/mol. The first-order valence-corrected chi connectivity index (χ1v) is 7.42. The normalized spacial score (nSPS) is 73.0. The van der Waals surface area contributed by atoms with Gasteiger partial charge in [-0.15, -0.1) is 0 Å². The van der Waals surface area contributed by atoms with E-state index in [1.165, 1.54) is 12.8 Å². The van der Waals surface area contributed by atoms with E-state index in [1.54, 1.807) is 25.7 Å². The molecular formula is C14H20S. The van der Waals surface area contributed by atoms with Crippen LogP contribution in [0.2, 0.25) is 0 Å². The molecule has 7 aliphatic carbocycles. The Labute approximate surface area is 97.6 Å². The van der Waals surface area contributed by atoms with E-state index in [0.29, 0.717) is 4.75 Å². The minimum absolute atomic E-state index is 0.504. The Kier molecular flexibility index (Phi) is 1.29. The highest BCUT2D eigenvalue weighted by molar-refractivity contribution is 7.81. The smallest absolute Gasteiger partial charge is 0.0166 e. The van der Waals surface area contributed by atoms with Crippen molar-refractivity contribution in [2.75, 3.05) is 0 Å². The van der Waals surface area contributed by atoms with Gasteiger partial charge in [0.1, 0.15) is 0 Å². The summed E-state index contributed by atoms with van der Waals surface area (Å²) in [5.74, 6) is 7.81. The number of hydrogen-bond acceptors (Lipinski definition) is 1. The molecule has 7 fully saturated rings. The third kappa shape index (κ3) is 0.799. The average molecular weight is 220 g/mol. The van der Waals surface area contributed by atoms with Gasteiger partial charge in [-0.05, 0) is 80.0 Å². The predicted octanol–water partition coefficient (Wildman–Crippen LogP) is 3.38. The van der Waals surface area contributed by atoms with Crippen molar-refractivity contribution >= 4 is 12.6 Å².